The Labute approximate surface area is 108 Å². The van der Waals surface area contributed by atoms with E-state index in [0.717, 1.165) is 18.8 Å². The van der Waals surface area contributed by atoms with Crippen molar-refractivity contribution in [2.45, 2.75) is 37.3 Å². The van der Waals surface area contributed by atoms with Gasteiger partial charge in [0.05, 0.1) is 6.54 Å². The first kappa shape index (κ1) is 13.6. The summed E-state index contributed by atoms with van der Waals surface area (Å²) < 4.78 is 31.6. The van der Waals surface area contributed by atoms with Crippen molar-refractivity contribution in [1.29, 1.82) is 0 Å². The molecule has 1 aliphatic rings. The van der Waals surface area contributed by atoms with Crippen LogP contribution >= 0.6 is 0 Å². The van der Waals surface area contributed by atoms with E-state index in [1.807, 2.05) is 0 Å². The molecule has 0 amide bonds. The fourth-order valence-corrected chi connectivity index (χ4v) is 2.87. The standard InChI is InChI=1S/C12H20N2O3S/c1-13-9-11-6-7-12(17-11)18(15,16)14-8-2-3-10-4-5-10/h6-7,10,13-14H,2-5,8-9H2,1H3. The molecule has 18 heavy (non-hydrogen) atoms. The van der Waals surface area contributed by atoms with E-state index >= 15 is 0 Å². The van der Waals surface area contributed by atoms with Gasteiger partial charge in [-0.2, -0.15) is 0 Å². The third-order valence-electron chi connectivity index (χ3n) is 3.03. The summed E-state index contributed by atoms with van der Waals surface area (Å²) in [6.07, 6.45) is 4.62. The molecule has 1 heterocycles. The topological polar surface area (TPSA) is 71.3 Å². The molecule has 0 bridgehead atoms. The Morgan fingerprint density at radius 2 is 2.17 bits per heavy atom. The minimum absolute atomic E-state index is 0.000767. The molecule has 0 aliphatic heterocycles. The largest absolute Gasteiger partial charge is 0.447 e. The lowest BCUT2D eigenvalue weighted by molar-refractivity contribution is 0.404. The van der Waals surface area contributed by atoms with E-state index in [1.54, 1.807) is 13.1 Å². The molecule has 2 rings (SSSR count). The van der Waals surface area contributed by atoms with Gasteiger partial charge in [-0.25, -0.2) is 13.1 Å². The van der Waals surface area contributed by atoms with Crippen molar-refractivity contribution in [1.82, 2.24) is 10.0 Å². The third kappa shape index (κ3) is 3.83. The molecule has 1 saturated carbocycles. The van der Waals surface area contributed by atoms with E-state index in [4.69, 9.17) is 4.42 Å². The van der Waals surface area contributed by atoms with Crippen LogP contribution < -0.4 is 10.0 Å². The molecule has 1 aliphatic carbocycles. The molecule has 6 heteroatoms. The van der Waals surface area contributed by atoms with E-state index < -0.39 is 10.0 Å². The normalized spacial score (nSPS) is 16.1. The summed E-state index contributed by atoms with van der Waals surface area (Å²) in [7, 11) is -1.70. The van der Waals surface area contributed by atoms with Crippen LogP contribution in [-0.4, -0.2) is 22.0 Å². The Bertz CT molecular complexity index is 477. The van der Waals surface area contributed by atoms with E-state index in [1.165, 1.54) is 18.9 Å². The van der Waals surface area contributed by atoms with Crippen LogP contribution in [-0.2, 0) is 16.6 Å². The van der Waals surface area contributed by atoms with Gasteiger partial charge in [0.15, 0.2) is 0 Å². The molecule has 0 radical (unpaired) electrons. The maximum absolute atomic E-state index is 11.9. The minimum atomic E-state index is -3.48. The highest BCUT2D eigenvalue weighted by Crippen LogP contribution is 2.33. The predicted molar refractivity (Wildman–Crippen MR) is 68.6 cm³/mol. The molecule has 1 aromatic heterocycles. The minimum Gasteiger partial charge on any atom is -0.447 e. The average Bonchev–Trinajstić information content (AvgIpc) is 3.03. The Balaban J connectivity index is 1.83. The lowest BCUT2D eigenvalue weighted by atomic mass is 10.2. The Morgan fingerprint density at radius 1 is 1.39 bits per heavy atom. The first-order chi connectivity index (χ1) is 8.62. The van der Waals surface area contributed by atoms with Gasteiger partial charge in [0, 0.05) is 6.54 Å². The lowest BCUT2D eigenvalue weighted by Gasteiger charge is -2.03. The van der Waals surface area contributed by atoms with Crippen molar-refractivity contribution < 1.29 is 12.8 Å². The van der Waals surface area contributed by atoms with Crippen LogP contribution in [0.15, 0.2) is 21.6 Å². The molecule has 0 aromatic carbocycles. The quantitative estimate of drug-likeness (QED) is 0.703. The van der Waals surface area contributed by atoms with E-state index in [9.17, 15) is 8.42 Å². The number of furan rings is 1. The van der Waals surface area contributed by atoms with Gasteiger partial charge in [-0.3, -0.25) is 0 Å². The zero-order valence-corrected chi connectivity index (χ0v) is 11.4. The molecule has 1 fully saturated rings. The fraction of sp³-hybridized carbons (Fsp3) is 0.667. The molecular formula is C12H20N2O3S. The Kier molecular flexibility index (Phi) is 4.42. The van der Waals surface area contributed by atoms with Gasteiger partial charge in [-0.1, -0.05) is 12.8 Å². The van der Waals surface area contributed by atoms with E-state index in [2.05, 4.69) is 10.0 Å². The summed E-state index contributed by atoms with van der Waals surface area (Å²) in [5, 5.41) is 2.91. The van der Waals surface area contributed by atoms with Crippen molar-refractivity contribution in [3.05, 3.63) is 17.9 Å². The molecule has 0 spiro atoms. The van der Waals surface area contributed by atoms with E-state index in [-0.39, 0.29) is 5.09 Å². The summed E-state index contributed by atoms with van der Waals surface area (Å²) >= 11 is 0. The first-order valence-corrected chi connectivity index (χ1v) is 7.83. The van der Waals surface area contributed by atoms with Crippen molar-refractivity contribution >= 4 is 10.0 Å². The number of rotatable bonds is 8. The van der Waals surface area contributed by atoms with Crippen molar-refractivity contribution in [2.24, 2.45) is 5.92 Å². The van der Waals surface area contributed by atoms with Crippen LogP contribution in [0, 0.1) is 5.92 Å². The second kappa shape index (κ2) is 5.86. The van der Waals surface area contributed by atoms with Crippen LogP contribution in [0.1, 0.15) is 31.4 Å². The zero-order valence-electron chi connectivity index (χ0n) is 10.6. The van der Waals surface area contributed by atoms with Crippen molar-refractivity contribution in [2.75, 3.05) is 13.6 Å². The SMILES string of the molecule is CNCc1ccc(S(=O)(=O)NCCCC2CC2)o1. The van der Waals surface area contributed by atoms with Gasteiger partial charge in [0.2, 0.25) is 5.09 Å². The molecule has 2 N–H and O–H groups in total. The summed E-state index contributed by atoms with van der Waals surface area (Å²) in [6, 6.07) is 3.17. The van der Waals surface area contributed by atoms with Crippen LogP contribution in [0.5, 0.6) is 0 Å². The summed E-state index contributed by atoms with van der Waals surface area (Å²) in [5.74, 6) is 1.45. The van der Waals surface area contributed by atoms with Gasteiger partial charge < -0.3 is 9.73 Å². The third-order valence-corrected chi connectivity index (χ3v) is 4.36. The van der Waals surface area contributed by atoms with Gasteiger partial charge in [0.1, 0.15) is 5.76 Å². The summed E-state index contributed by atoms with van der Waals surface area (Å²) in [4.78, 5) is 0. The van der Waals surface area contributed by atoms with Gasteiger partial charge in [0.25, 0.3) is 10.0 Å². The van der Waals surface area contributed by atoms with E-state index in [0.29, 0.717) is 18.8 Å². The predicted octanol–water partition coefficient (Wildman–Crippen LogP) is 1.47. The molecule has 5 nitrogen and oxygen atoms in total. The highest BCUT2D eigenvalue weighted by molar-refractivity contribution is 7.89. The Morgan fingerprint density at radius 3 is 2.83 bits per heavy atom. The summed E-state index contributed by atoms with van der Waals surface area (Å²) in [6.45, 7) is 1.01. The number of sulfonamides is 1. The fourth-order valence-electron chi connectivity index (χ4n) is 1.85. The summed E-state index contributed by atoms with van der Waals surface area (Å²) in [5.41, 5.74) is 0. The molecule has 0 saturated heterocycles. The van der Waals surface area contributed by atoms with Crippen LogP contribution in [0.25, 0.3) is 0 Å². The molecule has 102 valence electrons. The first-order valence-electron chi connectivity index (χ1n) is 6.35. The maximum Gasteiger partial charge on any atom is 0.273 e. The lowest BCUT2D eigenvalue weighted by Crippen LogP contribution is -2.24. The zero-order chi connectivity index (χ0) is 13.0. The second-order valence-electron chi connectivity index (χ2n) is 4.73. The van der Waals surface area contributed by atoms with Crippen molar-refractivity contribution in [3.8, 4) is 0 Å². The molecule has 0 unspecified atom stereocenters. The highest BCUT2D eigenvalue weighted by Gasteiger charge is 2.21. The van der Waals surface area contributed by atoms with Crippen molar-refractivity contribution in [3.63, 3.8) is 0 Å². The second-order valence-corrected chi connectivity index (χ2v) is 6.43. The maximum atomic E-state index is 11.9. The van der Waals surface area contributed by atoms with Gasteiger partial charge >= 0.3 is 0 Å². The van der Waals surface area contributed by atoms with Crippen LogP contribution in [0.3, 0.4) is 0 Å². The van der Waals surface area contributed by atoms with Gasteiger partial charge in [-0.15, -0.1) is 0 Å². The Hall–Kier alpha value is -0.850. The van der Waals surface area contributed by atoms with Crippen LogP contribution in [0.4, 0.5) is 0 Å². The average molecular weight is 272 g/mol. The van der Waals surface area contributed by atoms with Gasteiger partial charge in [-0.05, 0) is 37.9 Å². The number of hydrogen-bond acceptors (Lipinski definition) is 4. The monoisotopic (exact) mass is 272 g/mol. The van der Waals surface area contributed by atoms with Crippen LogP contribution in [0.2, 0.25) is 0 Å². The highest BCUT2D eigenvalue weighted by atomic mass is 32.2. The number of nitrogens with one attached hydrogen (secondary N) is 2. The molecule has 0 atom stereocenters. The smallest absolute Gasteiger partial charge is 0.273 e. The molecular weight excluding hydrogens is 252 g/mol. The number of hydrogen-bond donors (Lipinski definition) is 2. The molecule has 1 aromatic rings.